The van der Waals surface area contributed by atoms with Crippen LogP contribution in [-0.2, 0) is 4.74 Å². The maximum Gasteiger partial charge on any atom is 0.346 e. The third-order valence-electron chi connectivity index (χ3n) is 3.80. The SMILES string of the molecule is CCOC(=O)c1c[nH+]c2c(C)cccc2c1Nc1ccc(O)cc1. The van der Waals surface area contributed by atoms with Crippen molar-refractivity contribution in [1.29, 1.82) is 0 Å². The molecule has 24 heavy (non-hydrogen) atoms. The molecule has 0 aliphatic carbocycles. The number of carbonyl (C=O) groups excluding carboxylic acids is 1. The molecule has 5 heteroatoms. The van der Waals surface area contributed by atoms with E-state index in [0.29, 0.717) is 17.9 Å². The molecule has 5 nitrogen and oxygen atoms in total. The van der Waals surface area contributed by atoms with E-state index in [0.717, 1.165) is 22.2 Å². The minimum Gasteiger partial charge on any atom is -0.508 e. The van der Waals surface area contributed by atoms with Crippen LogP contribution >= 0.6 is 0 Å². The lowest BCUT2D eigenvalue weighted by molar-refractivity contribution is -0.345. The standard InChI is InChI=1S/C19H18N2O3/c1-3-24-19(23)16-11-20-17-12(2)5-4-6-15(17)18(16)21-13-7-9-14(22)10-8-13/h4-11,22H,3H2,1-2H3,(H,20,21)/p+1. The number of fused-ring (bicyclic) bond motifs is 1. The zero-order valence-electron chi connectivity index (χ0n) is 13.6. The van der Waals surface area contributed by atoms with Crippen LogP contribution in [0.1, 0.15) is 22.8 Å². The molecule has 1 aromatic heterocycles. The number of phenols is 1. The maximum atomic E-state index is 12.3. The number of aromatic nitrogens is 1. The number of rotatable bonds is 4. The highest BCUT2D eigenvalue weighted by Gasteiger charge is 2.21. The summed E-state index contributed by atoms with van der Waals surface area (Å²) in [7, 11) is 0. The Morgan fingerprint density at radius 2 is 1.96 bits per heavy atom. The summed E-state index contributed by atoms with van der Waals surface area (Å²) in [4.78, 5) is 15.5. The molecule has 3 aromatic rings. The summed E-state index contributed by atoms with van der Waals surface area (Å²) in [6.07, 6.45) is 1.66. The number of para-hydroxylation sites is 1. The lowest BCUT2D eigenvalue weighted by Gasteiger charge is -2.12. The first-order chi connectivity index (χ1) is 11.6. The third-order valence-corrected chi connectivity index (χ3v) is 3.80. The Bertz CT molecular complexity index is 889. The summed E-state index contributed by atoms with van der Waals surface area (Å²) in [5.74, 6) is -0.202. The van der Waals surface area contributed by atoms with Gasteiger partial charge in [-0.05, 0) is 44.2 Å². The number of aryl methyl sites for hydroxylation is 1. The van der Waals surface area contributed by atoms with Gasteiger partial charge in [-0.15, -0.1) is 0 Å². The lowest BCUT2D eigenvalue weighted by atomic mass is 10.1. The van der Waals surface area contributed by atoms with Crippen LogP contribution in [0.5, 0.6) is 5.75 Å². The van der Waals surface area contributed by atoms with E-state index < -0.39 is 5.97 Å². The van der Waals surface area contributed by atoms with Crippen molar-refractivity contribution in [3.8, 4) is 5.75 Å². The number of nitrogens with one attached hydrogen (secondary N) is 2. The van der Waals surface area contributed by atoms with Gasteiger partial charge in [0.15, 0.2) is 6.20 Å². The highest BCUT2D eigenvalue weighted by Crippen LogP contribution is 2.30. The monoisotopic (exact) mass is 323 g/mol. The van der Waals surface area contributed by atoms with Gasteiger partial charge in [0.2, 0.25) is 5.52 Å². The molecule has 0 amide bonds. The third kappa shape index (κ3) is 3.01. The van der Waals surface area contributed by atoms with Crippen molar-refractivity contribution in [3.63, 3.8) is 0 Å². The average molecular weight is 323 g/mol. The summed E-state index contributed by atoms with van der Waals surface area (Å²) in [6, 6.07) is 12.6. The quantitative estimate of drug-likeness (QED) is 0.568. The summed E-state index contributed by atoms with van der Waals surface area (Å²) in [5, 5.41) is 13.6. The van der Waals surface area contributed by atoms with Crippen LogP contribution in [-0.4, -0.2) is 17.7 Å². The van der Waals surface area contributed by atoms with Gasteiger partial charge in [0, 0.05) is 11.3 Å². The molecule has 0 bridgehead atoms. The molecule has 122 valence electrons. The van der Waals surface area contributed by atoms with Crippen molar-refractivity contribution in [2.24, 2.45) is 0 Å². The number of hydrogen-bond acceptors (Lipinski definition) is 4. The Hall–Kier alpha value is -3.08. The van der Waals surface area contributed by atoms with E-state index in [-0.39, 0.29) is 5.75 Å². The number of phenolic OH excluding ortho intramolecular Hbond substituents is 1. The highest BCUT2D eigenvalue weighted by atomic mass is 16.5. The van der Waals surface area contributed by atoms with E-state index >= 15 is 0 Å². The van der Waals surface area contributed by atoms with Crippen molar-refractivity contribution >= 4 is 28.2 Å². The summed E-state index contributed by atoms with van der Waals surface area (Å²) in [6.45, 7) is 4.09. The lowest BCUT2D eigenvalue weighted by Crippen LogP contribution is -2.15. The normalized spacial score (nSPS) is 10.6. The number of pyridine rings is 1. The Kier molecular flexibility index (Phi) is 4.33. The van der Waals surface area contributed by atoms with Crippen LogP contribution in [0.2, 0.25) is 0 Å². The molecule has 0 fully saturated rings. The van der Waals surface area contributed by atoms with Gasteiger partial charge in [0.1, 0.15) is 11.3 Å². The molecule has 0 spiro atoms. The summed E-state index contributed by atoms with van der Waals surface area (Å²) in [5.41, 5.74) is 3.91. The van der Waals surface area contributed by atoms with Gasteiger partial charge in [0.25, 0.3) is 0 Å². The van der Waals surface area contributed by atoms with Crippen LogP contribution in [0.3, 0.4) is 0 Å². The van der Waals surface area contributed by atoms with Gasteiger partial charge in [-0.2, -0.15) is 0 Å². The smallest absolute Gasteiger partial charge is 0.346 e. The number of aromatic amines is 1. The predicted molar refractivity (Wildman–Crippen MR) is 92.6 cm³/mol. The highest BCUT2D eigenvalue weighted by molar-refractivity contribution is 6.05. The first-order valence-electron chi connectivity index (χ1n) is 7.77. The van der Waals surface area contributed by atoms with Gasteiger partial charge in [-0.3, -0.25) is 0 Å². The van der Waals surface area contributed by atoms with E-state index in [4.69, 9.17) is 4.74 Å². The fraction of sp³-hybridized carbons (Fsp3) is 0.158. The van der Waals surface area contributed by atoms with Crippen LogP contribution in [0, 0.1) is 6.92 Å². The molecule has 3 rings (SSSR count). The Labute approximate surface area is 139 Å². The molecule has 0 saturated carbocycles. The second-order valence-corrected chi connectivity index (χ2v) is 5.47. The fourth-order valence-electron chi connectivity index (χ4n) is 2.62. The number of hydrogen-bond donors (Lipinski definition) is 2. The number of carbonyl (C=O) groups is 1. The van der Waals surface area contributed by atoms with Crippen molar-refractivity contribution in [2.75, 3.05) is 11.9 Å². The molecule has 0 unspecified atom stereocenters. The Morgan fingerprint density at radius 1 is 1.21 bits per heavy atom. The van der Waals surface area contributed by atoms with E-state index in [1.165, 1.54) is 0 Å². The summed E-state index contributed by atoms with van der Waals surface area (Å²) < 4.78 is 5.17. The zero-order chi connectivity index (χ0) is 17.1. The molecule has 0 aliphatic rings. The van der Waals surface area contributed by atoms with Gasteiger partial charge in [0.05, 0.1) is 17.7 Å². The molecular weight excluding hydrogens is 304 g/mol. The van der Waals surface area contributed by atoms with Crippen molar-refractivity contribution in [3.05, 3.63) is 59.8 Å². The molecule has 3 N–H and O–H groups in total. The first-order valence-corrected chi connectivity index (χ1v) is 7.77. The second kappa shape index (κ2) is 6.58. The molecular formula is C19H19N2O3+. The van der Waals surface area contributed by atoms with Gasteiger partial charge in [-0.25, -0.2) is 9.78 Å². The van der Waals surface area contributed by atoms with Crippen LogP contribution in [0.15, 0.2) is 48.7 Å². The number of esters is 1. The van der Waals surface area contributed by atoms with Crippen LogP contribution in [0.4, 0.5) is 11.4 Å². The first kappa shape index (κ1) is 15.8. The fourth-order valence-corrected chi connectivity index (χ4v) is 2.62. The molecule has 0 saturated heterocycles. The number of aromatic hydroxyl groups is 1. The maximum absolute atomic E-state index is 12.3. The predicted octanol–water partition coefficient (Wildman–Crippen LogP) is 3.59. The van der Waals surface area contributed by atoms with E-state index in [9.17, 15) is 9.90 Å². The Balaban J connectivity index is 2.16. The van der Waals surface area contributed by atoms with Crippen molar-refractivity contribution < 1.29 is 19.6 Å². The number of H-pyrrole nitrogens is 1. The van der Waals surface area contributed by atoms with Crippen molar-refractivity contribution in [2.45, 2.75) is 13.8 Å². The molecule has 0 atom stereocenters. The molecule has 0 aliphatic heterocycles. The van der Waals surface area contributed by atoms with E-state index in [2.05, 4.69) is 10.3 Å². The van der Waals surface area contributed by atoms with Gasteiger partial charge < -0.3 is 15.2 Å². The molecule has 1 heterocycles. The van der Waals surface area contributed by atoms with Gasteiger partial charge in [-0.1, -0.05) is 12.1 Å². The topological polar surface area (TPSA) is 72.7 Å². The van der Waals surface area contributed by atoms with E-state index in [1.807, 2.05) is 25.1 Å². The zero-order valence-corrected chi connectivity index (χ0v) is 13.6. The van der Waals surface area contributed by atoms with E-state index in [1.54, 1.807) is 37.4 Å². The van der Waals surface area contributed by atoms with Gasteiger partial charge >= 0.3 is 5.97 Å². The summed E-state index contributed by atoms with van der Waals surface area (Å²) >= 11 is 0. The molecule has 0 radical (unpaired) electrons. The second-order valence-electron chi connectivity index (χ2n) is 5.47. The van der Waals surface area contributed by atoms with Crippen LogP contribution in [0.25, 0.3) is 10.9 Å². The van der Waals surface area contributed by atoms with Crippen LogP contribution < -0.4 is 10.3 Å². The van der Waals surface area contributed by atoms with Crippen molar-refractivity contribution in [1.82, 2.24) is 0 Å². The largest absolute Gasteiger partial charge is 0.508 e. The molecule has 2 aromatic carbocycles. The Morgan fingerprint density at radius 3 is 2.67 bits per heavy atom. The number of ether oxygens (including phenoxy) is 1. The average Bonchev–Trinajstić information content (AvgIpc) is 2.58. The number of benzene rings is 2. The number of anilines is 2. The minimum absolute atomic E-state index is 0.188. The minimum atomic E-state index is -0.390.